The van der Waals surface area contributed by atoms with E-state index < -0.39 is 20.3 Å². The van der Waals surface area contributed by atoms with E-state index in [1.165, 1.54) is 12.1 Å². The average molecular weight is 329 g/mol. The maximum absolute atomic E-state index is 11.5. The molecule has 114 valence electrons. The van der Waals surface area contributed by atoms with Crippen LogP contribution in [0.5, 0.6) is 0 Å². The number of hydrogen-bond acceptors (Lipinski definition) is 5. The summed E-state index contributed by atoms with van der Waals surface area (Å²) in [5.41, 5.74) is -0.174. The minimum atomic E-state index is -3.03. The van der Waals surface area contributed by atoms with Crippen molar-refractivity contribution in [3.8, 4) is 0 Å². The van der Waals surface area contributed by atoms with E-state index in [4.69, 9.17) is 12.2 Å². The van der Waals surface area contributed by atoms with Crippen molar-refractivity contribution in [1.82, 2.24) is 5.32 Å². The van der Waals surface area contributed by atoms with E-state index in [1.807, 2.05) is 0 Å². The zero-order valence-electron chi connectivity index (χ0n) is 11.3. The SMILES string of the molecule is C[C@@]1(NC(=S)Nc2cccc([N+](=O)[O-])c2)CCS(=O)(=O)C1. The van der Waals surface area contributed by atoms with Crippen LogP contribution in [0.2, 0.25) is 0 Å². The van der Waals surface area contributed by atoms with Crippen LogP contribution in [-0.4, -0.2) is 35.5 Å². The third-order valence-corrected chi connectivity index (χ3v) is 5.34. The molecule has 1 aliphatic rings. The molecule has 1 aromatic carbocycles. The maximum Gasteiger partial charge on any atom is 0.271 e. The zero-order chi connectivity index (χ0) is 15.7. The molecule has 1 heterocycles. The first-order chi connectivity index (χ1) is 9.69. The summed E-state index contributed by atoms with van der Waals surface area (Å²) in [6.45, 7) is 1.79. The Morgan fingerprint density at radius 1 is 1.48 bits per heavy atom. The molecule has 2 N–H and O–H groups in total. The predicted octanol–water partition coefficient (Wildman–Crippen LogP) is 1.46. The van der Waals surface area contributed by atoms with Crippen molar-refractivity contribution in [2.75, 3.05) is 16.8 Å². The highest BCUT2D eigenvalue weighted by atomic mass is 32.2. The molecule has 1 aromatic rings. The average Bonchev–Trinajstić information content (AvgIpc) is 2.63. The predicted molar refractivity (Wildman–Crippen MR) is 84.1 cm³/mol. The molecule has 0 radical (unpaired) electrons. The van der Waals surface area contributed by atoms with Crippen LogP contribution in [-0.2, 0) is 9.84 Å². The highest BCUT2D eigenvalue weighted by molar-refractivity contribution is 7.91. The number of rotatable bonds is 3. The van der Waals surface area contributed by atoms with Crippen LogP contribution in [0.3, 0.4) is 0 Å². The Kier molecular flexibility index (Phi) is 4.15. The summed E-state index contributed by atoms with van der Waals surface area (Å²) in [4.78, 5) is 10.2. The van der Waals surface area contributed by atoms with Crippen molar-refractivity contribution in [2.45, 2.75) is 18.9 Å². The normalized spacial score (nSPS) is 23.5. The Morgan fingerprint density at radius 3 is 2.76 bits per heavy atom. The van der Waals surface area contributed by atoms with E-state index >= 15 is 0 Å². The fraction of sp³-hybridized carbons (Fsp3) is 0.417. The van der Waals surface area contributed by atoms with Crippen LogP contribution < -0.4 is 10.6 Å². The molecule has 0 aliphatic carbocycles. The van der Waals surface area contributed by atoms with Crippen LogP contribution in [0.25, 0.3) is 0 Å². The topological polar surface area (TPSA) is 101 Å². The highest BCUT2D eigenvalue weighted by Gasteiger charge is 2.38. The monoisotopic (exact) mass is 329 g/mol. The number of nitrogens with zero attached hydrogens (tertiary/aromatic N) is 1. The Bertz CT molecular complexity index is 689. The minimum Gasteiger partial charge on any atom is -0.356 e. The van der Waals surface area contributed by atoms with Crippen molar-refractivity contribution in [3.63, 3.8) is 0 Å². The van der Waals surface area contributed by atoms with Crippen molar-refractivity contribution in [1.29, 1.82) is 0 Å². The van der Waals surface area contributed by atoms with E-state index in [2.05, 4.69) is 10.6 Å². The molecule has 0 bridgehead atoms. The molecule has 0 aromatic heterocycles. The van der Waals surface area contributed by atoms with Crippen LogP contribution in [0.4, 0.5) is 11.4 Å². The second-order valence-electron chi connectivity index (χ2n) is 5.29. The molecule has 0 amide bonds. The van der Waals surface area contributed by atoms with Gasteiger partial charge < -0.3 is 10.6 Å². The van der Waals surface area contributed by atoms with Gasteiger partial charge in [0, 0.05) is 17.8 Å². The van der Waals surface area contributed by atoms with Gasteiger partial charge in [-0.1, -0.05) is 6.07 Å². The Labute approximate surface area is 127 Å². The maximum atomic E-state index is 11.5. The van der Waals surface area contributed by atoms with Gasteiger partial charge in [0.1, 0.15) is 0 Å². The zero-order valence-corrected chi connectivity index (χ0v) is 13.0. The van der Waals surface area contributed by atoms with E-state index in [0.29, 0.717) is 12.1 Å². The number of non-ortho nitro benzene ring substituents is 1. The van der Waals surface area contributed by atoms with Crippen molar-refractivity contribution in [2.24, 2.45) is 0 Å². The van der Waals surface area contributed by atoms with Crippen molar-refractivity contribution in [3.05, 3.63) is 34.4 Å². The van der Waals surface area contributed by atoms with E-state index in [1.54, 1.807) is 19.1 Å². The van der Waals surface area contributed by atoms with Gasteiger partial charge in [-0.3, -0.25) is 10.1 Å². The standard InChI is InChI=1S/C12H15N3O4S2/c1-12(5-6-21(18,19)8-12)14-11(20)13-9-3-2-4-10(7-9)15(16)17/h2-4,7H,5-6,8H2,1H3,(H2,13,14,20)/t12-/m1/s1. The van der Waals surface area contributed by atoms with Gasteiger partial charge in [-0.2, -0.15) is 0 Å². The number of anilines is 1. The number of sulfone groups is 1. The van der Waals surface area contributed by atoms with Gasteiger partial charge in [0.05, 0.1) is 22.0 Å². The molecule has 9 heteroatoms. The number of benzene rings is 1. The molecule has 21 heavy (non-hydrogen) atoms. The van der Waals surface area contributed by atoms with Crippen molar-refractivity contribution >= 4 is 38.5 Å². The summed E-state index contributed by atoms with van der Waals surface area (Å²) in [5.74, 6) is 0.159. The van der Waals surface area contributed by atoms with Crippen LogP contribution in [0.1, 0.15) is 13.3 Å². The number of hydrogen-bond donors (Lipinski definition) is 2. The summed E-state index contributed by atoms with van der Waals surface area (Å²) in [7, 11) is -3.03. The fourth-order valence-corrected chi connectivity index (χ4v) is 4.70. The lowest BCUT2D eigenvalue weighted by molar-refractivity contribution is -0.384. The number of thiocarbonyl (C=S) groups is 1. The second-order valence-corrected chi connectivity index (χ2v) is 7.88. The third kappa shape index (κ3) is 4.11. The number of nitro groups is 1. The van der Waals surface area contributed by atoms with Crippen LogP contribution in [0, 0.1) is 10.1 Å². The molecule has 1 saturated heterocycles. The van der Waals surface area contributed by atoms with Crippen LogP contribution >= 0.6 is 12.2 Å². The van der Waals surface area contributed by atoms with Gasteiger partial charge in [0.15, 0.2) is 14.9 Å². The minimum absolute atomic E-state index is 0.0246. The van der Waals surface area contributed by atoms with E-state index in [-0.39, 0.29) is 22.3 Å². The first-order valence-corrected chi connectivity index (χ1v) is 8.46. The van der Waals surface area contributed by atoms with Gasteiger partial charge in [-0.15, -0.1) is 0 Å². The highest BCUT2D eigenvalue weighted by Crippen LogP contribution is 2.23. The number of nitro benzene ring substituents is 1. The smallest absolute Gasteiger partial charge is 0.271 e. The molecule has 2 rings (SSSR count). The quantitative estimate of drug-likeness (QED) is 0.492. The third-order valence-electron chi connectivity index (χ3n) is 3.23. The van der Waals surface area contributed by atoms with Crippen molar-refractivity contribution < 1.29 is 13.3 Å². The molecular formula is C12H15N3O4S2. The van der Waals surface area contributed by atoms with Crippen LogP contribution in [0.15, 0.2) is 24.3 Å². The summed E-state index contributed by atoms with van der Waals surface area (Å²) in [6, 6.07) is 5.94. The van der Waals surface area contributed by atoms with Gasteiger partial charge >= 0.3 is 0 Å². The molecule has 0 spiro atoms. The van der Waals surface area contributed by atoms with Gasteiger partial charge in [0.2, 0.25) is 0 Å². The molecule has 1 atom stereocenters. The lowest BCUT2D eigenvalue weighted by Gasteiger charge is -2.25. The van der Waals surface area contributed by atoms with Gasteiger partial charge in [-0.25, -0.2) is 8.42 Å². The van der Waals surface area contributed by atoms with Gasteiger partial charge in [-0.05, 0) is 31.6 Å². The number of nitrogens with one attached hydrogen (secondary N) is 2. The Morgan fingerprint density at radius 2 is 2.19 bits per heavy atom. The first kappa shape index (κ1) is 15.6. The molecule has 7 nitrogen and oxygen atoms in total. The lowest BCUT2D eigenvalue weighted by Crippen LogP contribution is -2.48. The second kappa shape index (κ2) is 5.57. The molecular weight excluding hydrogens is 314 g/mol. The Balaban J connectivity index is 2.02. The summed E-state index contributed by atoms with van der Waals surface area (Å²) in [6.07, 6.45) is 0.478. The molecule has 1 aliphatic heterocycles. The summed E-state index contributed by atoms with van der Waals surface area (Å²) < 4.78 is 23.1. The summed E-state index contributed by atoms with van der Waals surface area (Å²) in [5, 5.41) is 16.8. The summed E-state index contributed by atoms with van der Waals surface area (Å²) >= 11 is 5.14. The first-order valence-electron chi connectivity index (χ1n) is 6.23. The lowest BCUT2D eigenvalue weighted by atomic mass is 10.0. The van der Waals surface area contributed by atoms with Gasteiger partial charge in [0.25, 0.3) is 5.69 Å². The largest absolute Gasteiger partial charge is 0.356 e. The van der Waals surface area contributed by atoms with E-state index in [9.17, 15) is 18.5 Å². The fourth-order valence-electron chi connectivity index (χ4n) is 2.24. The van der Waals surface area contributed by atoms with E-state index in [0.717, 1.165) is 0 Å². The Hall–Kier alpha value is -1.74. The molecule has 1 fully saturated rings. The molecule has 0 saturated carbocycles. The molecule has 0 unspecified atom stereocenters.